The van der Waals surface area contributed by atoms with Crippen LogP contribution in [0.3, 0.4) is 0 Å². The maximum absolute atomic E-state index is 13.7. The number of fused-ring (bicyclic) bond motifs is 2. The third-order valence-electron chi connectivity index (χ3n) is 8.29. The van der Waals surface area contributed by atoms with Crippen LogP contribution in [-0.2, 0) is 29.2 Å². The Kier molecular flexibility index (Phi) is 8.88. The highest BCUT2D eigenvalue weighted by Crippen LogP contribution is 2.39. The molecule has 0 saturated carbocycles. The van der Waals surface area contributed by atoms with E-state index in [9.17, 15) is 36.4 Å². The Morgan fingerprint density at radius 2 is 1.09 bits per heavy atom. The van der Waals surface area contributed by atoms with Gasteiger partial charge in [-0.05, 0) is 60.8 Å². The number of benzene rings is 2. The van der Waals surface area contributed by atoms with Gasteiger partial charge in [-0.3, -0.25) is 14.4 Å². The maximum atomic E-state index is 13.7. The molecule has 13 nitrogen and oxygen atoms in total. The van der Waals surface area contributed by atoms with Gasteiger partial charge in [0.25, 0.3) is 0 Å². The molecule has 2 fully saturated rings. The first-order valence-corrected chi connectivity index (χ1v) is 18.8. The van der Waals surface area contributed by atoms with Gasteiger partial charge in [0.2, 0.25) is 20.0 Å². The van der Waals surface area contributed by atoms with E-state index >= 15 is 0 Å². The van der Waals surface area contributed by atoms with Crippen LogP contribution in [-0.4, -0.2) is 78.0 Å². The molecule has 3 aliphatic rings. The summed E-state index contributed by atoms with van der Waals surface area (Å²) in [5, 5.41) is 17.4. The summed E-state index contributed by atoms with van der Waals surface area (Å²) in [6.07, 6.45) is 1.79. The molecular formula is C28H37N4O9PS2. The Morgan fingerprint density at radius 1 is 0.705 bits per heavy atom. The monoisotopic (exact) mass is 668 g/mol. The van der Waals surface area contributed by atoms with E-state index in [-0.39, 0.29) is 67.1 Å². The molecule has 4 atom stereocenters. The zero-order valence-corrected chi connectivity index (χ0v) is 27.4. The standard InChI is InChI=1S/C28H37N4O9PS2/c1-17-9-18(2)14-31(13-17)43(37,38)21-5-7-23-25(11-21)27(29-33)26-12-22(6-8-24(26)28(23)30-41-42(34,35)36)44(39,40)32-15-19(3)10-20(4)16-32/h5-8,11-12,17-20,33H,9-10,13-16H2,1-4H3,(H2,34,35,36)/t17-,18+,19-,20+. The Labute approximate surface area is 257 Å². The predicted molar refractivity (Wildman–Crippen MR) is 162 cm³/mol. The topological polar surface area (TPSA) is 186 Å². The van der Waals surface area contributed by atoms with Gasteiger partial charge in [0, 0.05) is 48.4 Å². The largest absolute Gasteiger partial charge is 0.545 e. The lowest BCUT2D eigenvalue weighted by atomic mass is 9.83. The molecule has 2 aromatic carbocycles. The van der Waals surface area contributed by atoms with Crippen LogP contribution in [0.1, 0.15) is 62.8 Å². The van der Waals surface area contributed by atoms with Gasteiger partial charge in [-0.2, -0.15) is 8.61 Å². The van der Waals surface area contributed by atoms with Gasteiger partial charge < -0.3 is 5.21 Å². The molecule has 2 aliphatic heterocycles. The van der Waals surface area contributed by atoms with Gasteiger partial charge in [0.1, 0.15) is 11.4 Å². The fraction of sp³-hybridized carbons (Fsp3) is 0.500. The molecule has 2 aromatic rings. The lowest BCUT2D eigenvalue weighted by Crippen LogP contribution is -2.42. The van der Waals surface area contributed by atoms with E-state index in [0.29, 0.717) is 26.2 Å². The van der Waals surface area contributed by atoms with Gasteiger partial charge in [0.15, 0.2) is 0 Å². The highest BCUT2D eigenvalue weighted by atomic mass is 32.2. The fourth-order valence-corrected chi connectivity index (χ4v) is 10.3. The first-order valence-electron chi connectivity index (χ1n) is 14.4. The number of piperidine rings is 2. The van der Waals surface area contributed by atoms with Crippen molar-refractivity contribution in [3.63, 3.8) is 0 Å². The molecule has 0 radical (unpaired) electrons. The Bertz CT molecular complexity index is 1660. The summed E-state index contributed by atoms with van der Waals surface area (Å²) in [5.41, 5.74) is 0.266. The number of phosphoric acid groups is 1. The number of rotatable bonds is 6. The van der Waals surface area contributed by atoms with Crippen molar-refractivity contribution < 1.29 is 41.0 Å². The van der Waals surface area contributed by atoms with E-state index in [4.69, 9.17) is 0 Å². The van der Waals surface area contributed by atoms with Crippen LogP contribution in [0.4, 0.5) is 0 Å². The summed E-state index contributed by atoms with van der Waals surface area (Å²) in [6.45, 7) is 9.30. The van der Waals surface area contributed by atoms with Crippen molar-refractivity contribution >= 4 is 39.3 Å². The molecule has 44 heavy (non-hydrogen) atoms. The molecule has 0 amide bonds. The summed E-state index contributed by atoms with van der Waals surface area (Å²) in [4.78, 5) is 18.6. The summed E-state index contributed by atoms with van der Waals surface area (Å²) in [7, 11) is -13.0. The molecule has 3 N–H and O–H groups in total. The third kappa shape index (κ3) is 6.37. The molecule has 1 aliphatic carbocycles. The molecule has 0 aromatic heterocycles. The summed E-state index contributed by atoms with van der Waals surface area (Å²) in [6, 6.07) is 8.10. The molecule has 0 unspecified atom stereocenters. The molecule has 0 spiro atoms. The second-order valence-electron chi connectivity index (χ2n) is 12.4. The number of oxime groups is 2. The predicted octanol–water partition coefficient (Wildman–Crippen LogP) is 3.42. The van der Waals surface area contributed by atoms with Crippen molar-refractivity contribution in [2.75, 3.05) is 26.2 Å². The summed E-state index contributed by atoms with van der Waals surface area (Å²) >= 11 is 0. The summed E-state index contributed by atoms with van der Waals surface area (Å²) in [5.74, 6) is 0.620. The van der Waals surface area contributed by atoms with Crippen LogP contribution in [0.2, 0.25) is 0 Å². The second-order valence-corrected chi connectivity index (χ2v) is 17.4. The lowest BCUT2D eigenvalue weighted by Gasteiger charge is -2.34. The van der Waals surface area contributed by atoms with Crippen LogP contribution in [0.5, 0.6) is 0 Å². The third-order valence-corrected chi connectivity index (χ3v) is 12.2. The van der Waals surface area contributed by atoms with Gasteiger partial charge >= 0.3 is 7.82 Å². The van der Waals surface area contributed by atoms with Gasteiger partial charge in [-0.15, -0.1) is 0 Å². The Balaban J connectivity index is 1.65. The zero-order valence-electron chi connectivity index (χ0n) is 24.9. The molecule has 16 heteroatoms. The van der Waals surface area contributed by atoms with Crippen LogP contribution in [0.15, 0.2) is 56.5 Å². The molecule has 5 rings (SSSR count). The first kappa shape index (κ1) is 32.7. The van der Waals surface area contributed by atoms with E-state index in [0.717, 1.165) is 12.8 Å². The minimum atomic E-state index is -5.08. The Hall–Kier alpha value is -2.65. The lowest BCUT2D eigenvalue weighted by molar-refractivity contribution is 0.205. The van der Waals surface area contributed by atoms with Crippen molar-refractivity contribution in [3.8, 4) is 0 Å². The van der Waals surface area contributed by atoms with Crippen molar-refractivity contribution in [1.29, 1.82) is 0 Å². The van der Waals surface area contributed by atoms with Gasteiger partial charge in [0.05, 0.1) is 9.79 Å². The van der Waals surface area contributed by atoms with Gasteiger partial charge in [-0.1, -0.05) is 50.1 Å². The van der Waals surface area contributed by atoms with Crippen LogP contribution < -0.4 is 0 Å². The van der Waals surface area contributed by atoms with Crippen molar-refractivity contribution in [1.82, 2.24) is 8.61 Å². The minimum absolute atomic E-state index is 0.0713. The van der Waals surface area contributed by atoms with Gasteiger partial charge in [-0.25, -0.2) is 21.4 Å². The molecule has 240 valence electrons. The fourth-order valence-electron chi connectivity index (χ4n) is 6.66. The first-order chi connectivity index (χ1) is 20.5. The van der Waals surface area contributed by atoms with E-state index in [1.165, 1.54) is 45.0 Å². The smallest absolute Gasteiger partial charge is 0.410 e. The SMILES string of the molecule is C[C@@H]1C[C@H](C)CN(S(=O)(=O)c2ccc3c(c2)C(=NO)c2cc(S(=O)(=O)N4C[C@H](C)C[C@H](C)C4)ccc2C3=NOP(=O)(O)O)C1. The van der Waals surface area contributed by atoms with Crippen molar-refractivity contribution in [2.45, 2.75) is 50.3 Å². The van der Waals surface area contributed by atoms with Crippen LogP contribution in [0.25, 0.3) is 0 Å². The maximum Gasteiger partial charge on any atom is 0.545 e. The average Bonchev–Trinajstić information content (AvgIpc) is 2.93. The minimum Gasteiger partial charge on any atom is -0.410 e. The summed E-state index contributed by atoms with van der Waals surface area (Å²) < 4.78 is 73.8. The number of sulfonamides is 2. The normalized spacial score (nSPS) is 25.2. The molecule has 2 saturated heterocycles. The van der Waals surface area contributed by atoms with Crippen LogP contribution in [0, 0.1) is 23.7 Å². The van der Waals surface area contributed by atoms with Crippen LogP contribution >= 0.6 is 7.82 Å². The number of nitrogens with zero attached hydrogens (tertiary/aromatic N) is 4. The van der Waals surface area contributed by atoms with Crippen molar-refractivity contribution in [2.24, 2.45) is 34.0 Å². The number of hydrogen-bond donors (Lipinski definition) is 3. The average molecular weight is 669 g/mol. The number of hydrogen-bond acceptors (Lipinski definition) is 9. The van der Waals surface area contributed by atoms with E-state index in [1.807, 2.05) is 27.7 Å². The highest BCUT2D eigenvalue weighted by Gasteiger charge is 2.37. The Morgan fingerprint density at radius 3 is 1.43 bits per heavy atom. The molecule has 2 heterocycles. The second kappa shape index (κ2) is 11.9. The quantitative estimate of drug-likeness (QED) is 0.201. The van der Waals surface area contributed by atoms with E-state index < -0.39 is 27.9 Å². The zero-order chi connectivity index (χ0) is 32.2. The molecule has 0 bridgehead atoms. The molecular weight excluding hydrogens is 631 g/mol. The van der Waals surface area contributed by atoms with E-state index in [2.05, 4.69) is 14.9 Å². The highest BCUT2D eigenvalue weighted by molar-refractivity contribution is 7.89. The van der Waals surface area contributed by atoms with E-state index in [1.54, 1.807) is 0 Å². The van der Waals surface area contributed by atoms with Crippen molar-refractivity contribution in [3.05, 3.63) is 58.7 Å².